The molecule has 192 valence electrons. The second-order valence-corrected chi connectivity index (χ2v) is 11.0. The number of sulfonamides is 1. The highest BCUT2D eigenvalue weighted by molar-refractivity contribution is 7.89. The number of nitrogens with zero attached hydrogens (tertiary/aromatic N) is 2. The van der Waals surface area contributed by atoms with Crippen LogP contribution in [0.15, 0.2) is 53.4 Å². The lowest BCUT2D eigenvalue weighted by atomic mass is 10.0. The summed E-state index contributed by atoms with van der Waals surface area (Å²) in [6, 6.07) is 11.2. The van der Waals surface area contributed by atoms with E-state index in [0.717, 1.165) is 17.7 Å². The van der Waals surface area contributed by atoms with Gasteiger partial charge >= 0.3 is 6.18 Å². The van der Waals surface area contributed by atoms with Gasteiger partial charge in [-0.3, -0.25) is 4.79 Å². The first-order valence-corrected chi connectivity index (χ1v) is 12.9. The minimum Gasteiger partial charge on any atom is -0.375 e. The van der Waals surface area contributed by atoms with E-state index >= 15 is 0 Å². The Balaban J connectivity index is 1.66. The maximum Gasteiger partial charge on any atom is 0.416 e. The zero-order valence-electron chi connectivity index (χ0n) is 20.1. The fraction of sp³-hybridized carbons (Fsp3) is 0.480. The van der Waals surface area contributed by atoms with Crippen molar-refractivity contribution in [2.75, 3.05) is 26.2 Å². The van der Waals surface area contributed by atoms with Gasteiger partial charge in [0.15, 0.2) is 0 Å². The molecular formula is C25H31F3N2O4S. The van der Waals surface area contributed by atoms with Crippen LogP contribution in [0.2, 0.25) is 0 Å². The van der Waals surface area contributed by atoms with Gasteiger partial charge < -0.3 is 9.64 Å². The van der Waals surface area contributed by atoms with Gasteiger partial charge in [-0.05, 0) is 42.7 Å². The molecule has 0 aromatic heterocycles. The van der Waals surface area contributed by atoms with Crippen LogP contribution in [0.5, 0.6) is 0 Å². The number of halogens is 3. The van der Waals surface area contributed by atoms with Crippen LogP contribution in [-0.4, -0.2) is 55.8 Å². The van der Waals surface area contributed by atoms with Crippen molar-refractivity contribution in [2.45, 2.75) is 50.9 Å². The van der Waals surface area contributed by atoms with E-state index in [1.807, 2.05) is 20.8 Å². The van der Waals surface area contributed by atoms with Crippen LogP contribution in [0.3, 0.4) is 0 Å². The van der Waals surface area contributed by atoms with Crippen molar-refractivity contribution in [1.82, 2.24) is 9.21 Å². The van der Waals surface area contributed by atoms with Gasteiger partial charge in [-0.1, -0.05) is 43.7 Å². The maximum absolute atomic E-state index is 13.1. The quantitative estimate of drug-likeness (QED) is 0.523. The Morgan fingerprint density at radius 3 is 2.34 bits per heavy atom. The number of rotatable bonds is 8. The smallest absolute Gasteiger partial charge is 0.375 e. The molecule has 10 heteroatoms. The Hall–Kier alpha value is -2.43. The SMILES string of the molecule is Cc1ccc(S(=O)(=O)N2CCC(=O)N([C@H](COCc3cccc(C(F)(F)F)c3)C(C)C)CC2)cc1. The highest BCUT2D eigenvalue weighted by Gasteiger charge is 2.34. The third kappa shape index (κ3) is 6.83. The van der Waals surface area contributed by atoms with Crippen molar-refractivity contribution in [3.8, 4) is 0 Å². The molecule has 1 fully saturated rings. The summed E-state index contributed by atoms with van der Waals surface area (Å²) in [4.78, 5) is 14.8. The fourth-order valence-electron chi connectivity index (χ4n) is 4.05. The third-order valence-corrected chi connectivity index (χ3v) is 8.04. The number of benzene rings is 2. The lowest BCUT2D eigenvalue weighted by Gasteiger charge is -2.33. The minimum atomic E-state index is -4.43. The number of hydrogen-bond acceptors (Lipinski definition) is 4. The van der Waals surface area contributed by atoms with Crippen LogP contribution in [0.25, 0.3) is 0 Å². The Kier molecular flexibility index (Phi) is 8.61. The molecule has 2 aromatic carbocycles. The second-order valence-electron chi connectivity index (χ2n) is 9.08. The van der Waals surface area contributed by atoms with Gasteiger partial charge in [0.2, 0.25) is 15.9 Å². The van der Waals surface area contributed by atoms with E-state index in [2.05, 4.69) is 0 Å². The molecule has 2 aromatic rings. The summed E-state index contributed by atoms with van der Waals surface area (Å²) in [5.41, 5.74) is 0.600. The van der Waals surface area contributed by atoms with Crippen LogP contribution in [-0.2, 0) is 32.3 Å². The van der Waals surface area contributed by atoms with Gasteiger partial charge in [-0.15, -0.1) is 0 Å². The molecule has 3 rings (SSSR count). The van der Waals surface area contributed by atoms with Gasteiger partial charge in [0.25, 0.3) is 0 Å². The first-order chi connectivity index (χ1) is 16.4. The summed E-state index contributed by atoms with van der Waals surface area (Å²) in [5.74, 6) is -0.173. The zero-order chi connectivity index (χ0) is 25.8. The van der Waals surface area contributed by atoms with E-state index in [1.54, 1.807) is 35.2 Å². The molecule has 0 unspecified atom stereocenters. The standard InChI is InChI=1S/C25H31F3N2O4S/c1-18(2)23(17-34-16-20-5-4-6-21(15-20)25(26,27)28)30-14-13-29(12-11-24(30)31)35(32,33)22-9-7-19(3)8-10-22/h4-10,15,18,23H,11-14,16-17H2,1-3H3/t23-/m1/s1. The van der Waals surface area contributed by atoms with Crippen molar-refractivity contribution in [2.24, 2.45) is 5.92 Å². The van der Waals surface area contributed by atoms with Crippen LogP contribution in [0.4, 0.5) is 13.2 Å². The fourth-order valence-corrected chi connectivity index (χ4v) is 5.48. The predicted molar refractivity (Wildman–Crippen MR) is 126 cm³/mol. The number of aryl methyl sites for hydroxylation is 1. The Labute approximate surface area is 204 Å². The van der Waals surface area contributed by atoms with E-state index in [-0.39, 0.29) is 62.0 Å². The summed E-state index contributed by atoms with van der Waals surface area (Å²) >= 11 is 0. The summed E-state index contributed by atoms with van der Waals surface area (Å²) in [5, 5.41) is 0. The van der Waals surface area contributed by atoms with Gasteiger partial charge in [0.1, 0.15) is 0 Å². The number of carbonyl (C=O) groups excluding carboxylic acids is 1. The van der Waals surface area contributed by atoms with E-state index < -0.39 is 21.8 Å². The van der Waals surface area contributed by atoms with E-state index in [1.165, 1.54) is 10.4 Å². The molecule has 1 aliphatic rings. The van der Waals surface area contributed by atoms with Crippen LogP contribution in [0, 0.1) is 12.8 Å². The molecule has 1 heterocycles. The Morgan fingerprint density at radius 1 is 1.03 bits per heavy atom. The molecule has 0 saturated carbocycles. The Morgan fingerprint density at radius 2 is 1.71 bits per heavy atom. The van der Waals surface area contributed by atoms with Crippen molar-refractivity contribution >= 4 is 15.9 Å². The maximum atomic E-state index is 13.1. The molecule has 0 aliphatic carbocycles. The third-order valence-electron chi connectivity index (χ3n) is 6.13. The summed E-state index contributed by atoms with van der Waals surface area (Å²) in [7, 11) is -3.73. The van der Waals surface area contributed by atoms with Crippen molar-refractivity contribution in [3.05, 3.63) is 65.2 Å². The molecule has 6 nitrogen and oxygen atoms in total. The highest BCUT2D eigenvalue weighted by Crippen LogP contribution is 2.29. The summed E-state index contributed by atoms with van der Waals surface area (Å²) in [6.07, 6.45) is -4.39. The predicted octanol–water partition coefficient (Wildman–Crippen LogP) is 4.48. The summed E-state index contributed by atoms with van der Waals surface area (Å²) < 4.78 is 72.1. The average molecular weight is 513 g/mol. The molecule has 35 heavy (non-hydrogen) atoms. The normalized spacial score (nSPS) is 17.0. The zero-order valence-corrected chi connectivity index (χ0v) is 20.9. The Bertz CT molecular complexity index is 1120. The van der Waals surface area contributed by atoms with Crippen LogP contribution >= 0.6 is 0 Å². The van der Waals surface area contributed by atoms with E-state index in [0.29, 0.717) is 5.56 Å². The number of amides is 1. The van der Waals surface area contributed by atoms with Crippen molar-refractivity contribution < 1.29 is 31.1 Å². The van der Waals surface area contributed by atoms with Crippen molar-refractivity contribution in [3.63, 3.8) is 0 Å². The first kappa shape index (κ1) is 27.2. The molecular weight excluding hydrogens is 481 g/mol. The van der Waals surface area contributed by atoms with Gasteiger partial charge in [0, 0.05) is 26.1 Å². The van der Waals surface area contributed by atoms with Gasteiger partial charge in [-0.2, -0.15) is 17.5 Å². The number of ether oxygens (including phenoxy) is 1. The molecule has 0 radical (unpaired) electrons. The number of carbonyl (C=O) groups is 1. The minimum absolute atomic E-state index is 0.000662. The van der Waals surface area contributed by atoms with E-state index in [9.17, 15) is 26.4 Å². The van der Waals surface area contributed by atoms with E-state index in [4.69, 9.17) is 4.74 Å². The van der Waals surface area contributed by atoms with Crippen LogP contribution < -0.4 is 0 Å². The van der Waals surface area contributed by atoms with Gasteiger partial charge in [0.05, 0.1) is 29.7 Å². The molecule has 0 bridgehead atoms. The first-order valence-electron chi connectivity index (χ1n) is 11.5. The highest BCUT2D eigenvalue weighted by atomic mass is 32.2. The lowest BCUT2D eigenvalue weighted by Crippen LogP contribution is -2.47. The topological polar surface area (TPSA) is 66.9 Å². The second kappa shape index (κ2) is 11.1. The molecule has 1 amide bonds. The van der Waals surface area contributed by atoms with Gasteiger partial charge in [-0.25, -0.2) is 8.42 Å². The van der Waals surface area contributed by atoms with Crippen LogP contribution in [0.1, 0.15) is 37.0 Å². The molecule has 0 spiro atoms. The number of alkyl halides is 3. The monoisotopic (exact) mass is 512 g/mol. The average Bonchev–Trinajstić information content (AvgIpc) is 2.98. The summed E-state index contributed by atoms with van der Waals surface area (Å²) in [6.45, 7) is 6.28. The number of hydrogen-bond donors (Lipinski definition) is 0. The lowest BCUT2D eigenvalue weighted by molar-refractivity contribution is -0.138. The molecule has 1 atom stereocenters. The molecule has 0 N–H and O–H groups in total. The molecule has 1 saturated heterocycles. The molecule has 1 aliphatic heterocycles. The largest absolute Gasteiger partial charge is 0.416 e. The van der Waals surface area contributed by atoms with Crippen molar-refractivity contribution in [1.29, 1.82) is 0 Å².